The highest BCUT2D eigenvalue weighted by Gasteiger charge is 2.07. The highest BCUT2D eigenvalue weighted by atomic mass is 16.6. The third kappa shape index (κ3) is 2.30. The lowest BCUT2D eigenvalue weighted by Gasteiger charge is -1.97. The van der Waals surface area contributed by atoms with E-state index in [4.69, 9.17) is 0 Å². The van der Waals surface area contributed by atoms with E-state index >= 15 is 0 Å². The molecule has 94 valence electrons. The first-order valence-electron chi connectivity index (χ1n) is 5.88. The maximum atomic E-state index is 10.7. The average Bonchev–Trinajstić information content (AvgIpc) is 2.81. The lowest BCUT2D eigenvalue weighted by Crippen LogP contribution is -1.92. The fraction of sp³-hybridized carbons (Fsp3) is 0.0714. The van der Waals surface area contributed by atoms with E-state index in [1.165, 1.54) is 6.07 Å². The van der Waals surface area contributed by atoms with Crippen molar-refractivity contribution in [3.8, 4) is 0 Å². The van der Waals surface area contributed by atoms with Crippen LogP contribution in [0, 0.1) is 10.1 Å². The van der Waals surface area contributed by atoms with Gasteiger partial charge < -0.3 is 4.40 Å². The summed E-state index contributed by atoms with van der Waals surface area (Å²) >= 11 is 0. The molecule has 2 heterocycles. The van der Waals surface area contributed by atoms with E-state index in [1.54, 1.807) is 12.1 Å². The van der Waals surface area contributed by atoms with Gasteiger partial charge in [-0.3, -0.25) is 10.1 Å². The summed E-state index contributed by atoms with van der Waals surface area (Å²) in [4.78, 5) is 14.8. The second-order valence-electron chi connectivity index (χ2n) is 4.30. The monoisotopic (exact) mass is 253 g/mol. The van der Waals surface area contributed by atoms with E-state index in [0.29, 0.717) is 6.42 Å². The number of imidazole rings is 1. The first kappa shape index (κ1) is 11.4. The highest BCUT2D eigenvalue weighted by molar-refractivity contribution is 5.41. The van der Waals surface area contributed by atoms with Gasteiger partial charge in [-0.15, -0.1) is 0 Å². The number of nitro benzene ring substituents is 1. The normalized spacial score (nSPS) is 10.7. The van der Waals surface area contributed by atoms with Gasteiger partial charge in [0, 0.05) is 30.9 Å². The Hall–Kier alpha value is -2.69. The lowest BCUT2D eigenvalue weighted by atomic mass is 10.1. The van der Waals surface area contributed by atoms with E-state index in [9.17, 15) is 10.1 Å². The SMILES string of the molecule is O=[N+]([O-])c1cccc(Cc2cn3ccccc3n2)c1. The van der Waals surface area contributed by atoms with Gasteiger partial charge in [0.2, 0.25) is 0 Å². The van der Waals surface area contributed by atoms with Crippen LogP contribution in [-0.4, -0.2) is 14.3 Å². The molecule has 0 radical (unpaired) electrons. The summed E-state index contributed by atoms with van der Waals surface area (Å²) in [6, 6.07) is 12.4. The molecule has 0 aliphatic heterocycles. The van der Waals surface area contributed by atoms with Gasteiger partial charge in [0.1, 0.15) is 5.65 Å². The topological polar surface area (TPSA) is 60.4 Å². The minimum absolute atomic E-state index is 0.112. The molecule has 0 fully saturated rings. The number of hydrogen-bond acceptors (Lipinski definition) is 3. The van der Waals surface area contributed by atoms with Gasteiger partial charge in [-0.2, -0.15) is 0 Å². The largest absolute Gasteiger partial charge is 0.307 e. The number of nitro groups is 1. The van der Waals surface area contributed by atoms with Crippen LogP contribution >= 0.6 is 0 Å². The molecule has 0 atom stereocenters. The first-order chi connectivity index (χ1) is 9.22. The fourth-order valence-electron chi connectivity index (χ4n) is 2.06. The quantitative estimate of drug-likeness (QED) is 0.532. The molecule has 3 aromatic rings. The second-order valence-corrected chi connectivity index (χ2v) is 4.30. The summed E-state index contributed by atoms with van der Waals surface area (Å²) in [7, 11) is 0. The van der Waals surface area contributed by atoms with Crippen molar-refractivity contribution < 1.29 is 4.92 Å². The standard InChI is InChI=1S/C14H11N3O2/c18-17(19)13-5-3-4-11(9-13)8-12-10-16-7-2-1-6-14(16)15-12/h1-7,9-10H,8H2. The highest BCUT2D eigenvalue weighted by Crippen LogP contribution is 2.16. The third-order valence-corrected chi connectivity index (χ3v) is 2.92. The Labute approximate surface area is 109 Å². The van der Waals surface area contributed by atoms with Crippen LogP contribution < -0.4 is 0 Å². The molecule has 5 nitrogen and oxygen atoms in total. The summed E-state index contributed by atoms with van der Waals surface area (Å²) in [5.74, 6) is 0. The van der Waals surface area contributed by atoms with Crippen molar-refractivity contribution in [2.75, 3.05) is 0 Å². The van der Waals surface area contributed by atoms with Crippen LogP contribution in [0.5, 0.6) is 0 Å². The Bertz CT molecular complexity index is 716. The predicted molar refractivity (Wildman–Crippen MR) is 71.1 cm³/mol. The number of rotatable bonds is 3. The molecule has 3 rings (SSSR count). The summed E-state index contributed by atoms with van der Waals surface area (Å²) in [5, 5.41) is 10.7. The minimum atomic E-state index is -0.382. The maximum absolute atomic E-state index is 10.7. The van der Waals surface area contributed by atoms with Crippen molar-refractivity contribution in [2.45, 2.75) is 6.42 Å². The van der Waals surface area contributed by atoms with E-state index < -0.39 is 0 Å². The molecule has 0 N–H and O–H groups in total. The fourth-order valence-corrected chi connectivity index (χ4v) is 2.06. The van der Waals surface area contributed by atoms with Crippen LogP contribution in [0.2, 0.25) is 0 Å². The molecule has 0 saturated heterocycles. The third-order valence-electron chi connectivity index (χ3n) is 2.92. The van der Waals surface area contributed by atoms with Crippen molar-refractivity contribution in [1.29, 1.82) is 0 Å². The molecule has 5 heteroatoms. The van der Waals surface area contributed by atoms with Gasteiger partial charge in [0.15, 0.2) is 0 Å². The van der Waals surface area contributed by atoms with Crippen molar-refractivity contribution in [1.82, 2.24) is 9.38 Å². The number of non-ortho nitro benzene ring substituents is 1. The van der Waals surface area contributed by atoms with Gasteiger partial charge in [0.05, 0.1) is 10.6 Å². The van der Waals surface area contributed by atoms with Crippen molar-refractivity contribution in [3.05, 3.63) is 76.2 Å². The number of aromatic nitrogens is 2. The molecular formula is C14H11N3O2. The molecular weight excluding hydrogens is 242 g/mol. The van der Waals surface area contributed by atoms with E-state index in [1.807, 2.05) is 41.1 Å². The Morgan fingerprint density at radius 3 is 2.89 bits per heavy atom. The van der Waals surface area contributed by atoms with Gasteiger partial charge in [-0.05, 0) is 17.7 Å². The summed E-state index contributed by atoms with van der Waals surface area (Å²) in [6.45, 7) is 0. The zero-order chi connectivity index (χ0) is 13.2. The number of hydrogen-bond donors (Lipinski definition) is 0. The first-order valence-corrected chi connectivity index (χ1v) is 5.88. The van der Waals surface area contributed by atoms with Gasteiger partial charge in [-0.25, -0.2) is 4.98 Å². The zero-order valence-corrected chi connectivity index (χ0v) is 10.1. The van der Waals surface area contributed by atoms with Crippen LogP contribution in [-0.2, 0) is 6.42 Å². The van der Waals surface area contributed by atoms with Crippen molar-refractivity contribution >= 4 is 11.3 Å². The predicted octanol–water partition coefficient (Wildman–Crippen LogP) is 2.83. The Kier molecular flexibility index (Phi) is 2.72. The molecule has 19 heavy (non-hydrogen) atoms. The van der Waals surface area contributed by atoms with Crippen LogP contribution in [0.25, 0.3) is 5.65 Å². The summed E-state index contributed by atoms with van der Waals surface area (Å²) in [6.07, 6.45) is 4.46. The minimum Gasteiger partial charge on any atom is -0.307 e. The van der Waals surface area contributed by atoms with Gasteiger partial charge >= 0.3 is 0 Å². The molecule has 0 spiro atoms. The molecule has 1 aromatic carbocycles. The van der Waals surface area contributed by atoms with E-state index in [-0.39, 0.29) is 10.6 Å². The Morgan fingerprint density at radius 2 is 2.11 bits per heavy atom. The molecule has 2 aromatic heterocycles. The second kappa shape index (κ2) is 4.53. The number of nitrogens with zero attached hydrogens (tertiary/aromatic N) is 3. The number of pyridine rings is 1. The van der Waals surface area contributed by atoms with Gasteiger partial charge in [0.25, 0.3) is 5.69 Å². The van der Waals surface area contributed by atoms with Crippen LogP contribution in [0.1, 0.15) is 11.3 Å². The molecule has 0 amide bonds. The van der Waals surface area contributed by atoms with Crippen LogP contribution in [0.4, 0.5) is 5.69 Å². The summed E-state index contributed by atoms with van der Waals surface area (Å²) in [5.41, 5.74) is 2.77. The van der Waals surface area contributed by atoms with Gasteiger partial charge in [-0.1, -0.05) is 18.2 Å². The Balaban J connectivity index is 1.92. The smallest absolute Gasteiger partial charge is 0.269 e. The Morgan fingerprint density at radius 1 is 1.21 bits per heavy atom. The molecule has 0 aliphatic carbocycles. The molecule has 0 aliphatic rings. The number of benzene rings is 1. The van der Waals surface area contributed by atoms with Crippen LogP contribution in [0.3, 0.4) is 0 Å². The average molecular weight is 253 g/mol. The molecule has 0 unspecified atom stereocenters. The molecule has 0 saturated carbocycles. The van der Waals surface area contributed by atoms with E-state index in [2.05, 4.69) is 4.98 Å². The van der Waals surface area contributed by atoms with Crippen molar-refractivity contribution in [2.24, 2.45) is 0 Å². The zero-order valence-electron chi connectivity index (χ0n) is 10.1. The van der Waals surface area contributed by atoms with E-state index in [0.717, 1.165) is 16.9 Å². The summed E-state index contributed by atoms with van der Waals surface area (Å²) < 4.78 is 1.94. The van der Waals surface area contributed by atoms with Crippen molar-refractivity contribution in [3.63, 3.8) is 0 Å². The van der Waals surface area contributed by atoms with Crippen LogP contribution in [0.15, 0.2) is 54.9 Å². The maximum Gasteiger partial charge on any atom is 0.269 e. The number of fused-ring (bicyclic) bond motifs is 1. The lowest BCUT2D eigenvalue weighted by molar-refractivity contribution is -0.384. The molecule has 0 bridgehead atoms.